The average Bonchev–Trinajstić information content (AvgIpc) is 2.68. The number of hydrogen-bond donors (Lipinski definition) is 2. The number of nitrogens with zero attached hydrogens (tertiary/aromatic N) is 2. The highest BCUT2D eigenvalue weighted by atomic mass is 32.2. The van der Waals surface area contributed by atoms with Gasteiger partial charge in [0.05, 0.1) is 23.2 Å². The van der Waals surface area contributed by atoms with Gasteiger partial charge in [-0.15, -0.1) is 0 Å². The molecule has 1 aromatic carbocycles. The van der Waals surface area contributed by atoms with Gasteiger partial charge in [-0.25, -0.2) is 4.98 Å². The first-order chi connectivity index (χ1) is 13.0. The van der Waals surface area contributed by atoms with E-state index in [9.17, 15) is 14.4 Å². The highest BCUT2D eigenvalue weighted by molar-refractivity contribution is 7.99. The number of hydrogen-bond acceptors (Lipinski definition) is 5. The maximum Gasteiger partial charge on any atom is 0.262 e. The number of aromatic nitrogens is 2. The minimum absolute atomic E-state index is 0.0278. The quantitative estimate of drug-likeness (QED) is 0.505. The largest absolute Gasteiger partial charge is 0.355 e. The van der Waals surface area contributed by atoms with Gasteiger partial charge in [-0.3, -0.25) is 19.0 Å². The van der Waals surface area contributed by atoms with E-state index in [1.165, 1.54) is 11.8 Å². The lowest BCUT2D eigenvalue weighted by Crippen LogP contribution is -2.38. The Morgan fingerprint density at radius 1 is 1.19 bits per heavy atom. The van der Waals surface area contributed by atoms with Gasteiger partial charge in [-0.1, -0.05) is 37.7 Å². The lowest BCUT2D eigenvalue weighted by molar-refractivity contribution is -0.124. The zero-order valence-corrected chi connectivity index (χ0v) is 16.8. The molecule has 0 aliphatic carbocycles. The summed E-state index contributed by atoms with van der Waals surface area (Å²) >= 11 is 1.21. The number of thioether (sulfide) groups is 1. The highest BCUT2D eigenvalue weighted by Gasteiger charge is 2.16. The molecule has 8 heteroatoms. The monoisotopic (exact) mass is 390 g/mol. The van der Waals surface area contributed by atoms with Crippen LogP contribution in [0.15, 0.2) is 34.2 Å². The first-order valence-electron chi connectivity index (χ1n) is 9.15. The fraction of sp³-hybridized carbons (Fsp3) is 0.474. The molecular formula is C19H26N4O3S. The molecule has 1 atom stereocenters. The van der Waals surface area contributed by atoms with Crippen molar-refractivity contribution < 1.29 is 9.59 Å². The summed E-state index contributed by atoms with van der Waals surface area (Å²) in [5, 5.41) is 6.37. The molecule has 2 aromatic rings. The van der Waals surface area contributed by atoms with Crippen LogP contribution in [0.5, 0.6) is 0 Å². The summed E-state index contributed by atoms with van der Waals surface area (Å²) in [7, 11) is 0. The van der Waals surface area contributed by atoms with Crippen LogP contribution in [0.4, 0.5) is 0 Å². The van der Waals surface area contributed by atoms with Gasteiger partial charge < -0.3 is 10.6 Å². The average molecular weight is 391 g/mol. The molecule has 1 aromatic heterocycles. The molecule has 0 saturated carbocycles. The van der Waals surface area contributed by atoms with Gasteiger partial charge in [0.15, 0.2) is 5.16 Å². The Morgan fingerprint density at radius 3 is 2.63 bits per heavy atom. The molecule has 7 nitrogen and oxygen atoms in total. The number of nitrogens with one attached hydrogen (secondary N) is 2. The fourth-order valence-corrected chi connectivity index (χ4v) is 3.41. The second-order valence-electron chi connectivity index (χ2n) is 6.26. The number of fused-ring (bicyclic) bond motifs is 1. The molecule has 0 aliphatic heterocycles. The second kappa shape index (κ2) is 10.1. The lowest BCUT2D eigenvalue weighted by atomic mass is 10.2. The van der Waals surface area contributed by atoms with Crippen molar-refractivity contribution in [3.05, 3.63) is 34.6 Å². The van der Waals surface area contributed by atoms with Crippen LogP contribution in [0.3, 0.4) is 0 Å². The number of amides is 2. The van der Waals surface area contributed by atoms with Gasteiger partial charge in [0, 0.05) is 12.6 Å². The summed E-state index contributed by atoms with van der Waals surface area (Å²) in [6.07, 6.45) is 1.62. The Hall–Kier alpha value is -2.35. The maximum absolute atomic E-state index is 12.9. The number of benzene rings is 1. The minimum atomic E-state index is -0.273. The molecule has 27 heavy (non-hydrogen) atoms. The zero-order chi connectivity index (χ0) is 19.8. The Balaban J connectivity index is 2.12. The van der Waals surface area contributed by atoms with Crippen molar-refractivity contribution >= 4 is 34.5 Å². The van der Waals surface area contributed by atoms with Crippen LogP contribution in [0.2, 0.25) is 0 Å². The third-order valence-electron chi connectivity index (χ3n) is 4.16. The summed E-state index contributed by atoms with van der Waals surface area (Å²) in [6.45, 7) is 6.46. The smallest absolute Gasteiger partial charge is 0.262 e. The van der Waals surface area contributed by atoms with Crippen LogP contribution < -0.4 is 16.2 Å². The fourth-order valence-electron chi connectivity index (χ4n) is 2.49. The van der Waals surface area contributed by atoms with Crippen molar-refractivity contribution in [1.82, 2.24) is 20.2 Å². The van der Waals surface area contributed by atoms with Crippen molar-refractivity contribution in [2.75, 3.05) is 18.8 Å². The molecule has 2 rings (SSSR count). The van der Waals surface area contributed by atoms with Crippen LogP contribution in [0.1, 0.15) is 39.7 Å². The third kappa shape index (κ3) is 5.56. The van der Waals surface area contributed by atoms with Crippen LogP contribution >= 0.6 is 11.8 Å². The van der Waals surface area contributed by atoms with Gasteiger partial charge in [-0.05, 0) is 31.9 Å². The molecule has 0 radical (unpaired) electrons. The minimum Gasteiger partial charge on any atom is -0.355 e. The van der Waals surface area contributed by atoms with Gasteiger partial charge in [0.25, 0.3) is 5.56 Å². The highest BCUT2D eigenvalue weighted by Crippen LogP contribution is 2.22. The van der Waals surface area contributed by atoms with Gasteiger partial charge in [0.1, 0.15) is 0 Å². The van der Waals surface area contributed by atoms with Gasteiger partial charge in [0.2, 0.25) is 11.8 Å². The summed E-state index contributed by atoms with van der Waals surface area (Å²) in [5.74, 6) is -0.400. The Labute approximate surface area is 162 Å². The maximum atomic E-state index is 12.9. The predicted octanol–water partition coefficient (Wildman–Crippen LogP) is 2.10. The van der Waals surface area contributed by atoms with Crippen molar-refractivity contribution in [3.8, 4) is 0 Å². The van der Waals surface area contributed by atoms with E-state index in [-0.39, 0.29) is 35.7 Å². The van der Waals surface area contributed by atoms with E-state index >= 15 is 0 Å². The standard InChI is InChI=1S/C19H26N4O3S/c1-4-10-20-16(24)11-21-17(25)12-27-19-22-15-9-7-6-8-14(15)18(26)23(19)13(3)5-2/h6-9,13H,4-5,10-12H2,1-3H3,(H,20,24)(H,21,25)/t13-/m0/s1. The van der Waals surface area contributed by atoms with E-state index in [2.05, 4.69) is 15.6 Å². The molecule has 0 spiro atoms. The zero-order valence-electron chi connectivity index (χ0n) is 15.9. The topological polar surface area (TPSA) is 93.1 Å². The Kier molecular flexibility index (Phi) is 7.84. The lowest BCUT2D eigenvalue weighted by Gasteiger charge is -2.18. The molecule has 2 amide bonds. The van der Waals surface area contributed by atoms with Crippen LogP contribution in [0, 0.1) is 0 Å². The van der Waals surface area contributed by atoms with Crippen LogP contribution in [0.25, 0.3) is 10.9 Å². The molecule has 0 saturated heterocycles. The van der Waals surface area contributed by atoms with E-state index in [0.29, 0.717) is 22.6 Å². The summed E-state index contributed by atoms with van der Waals surface area (Å²) in [5.41, 5.74) is 0.515. The number of rotatable bonds is 9. The summed E-state index contributed by atoms with van der Waals surface area (Å²) in [4.78, 5) is 41.1. The number of para-hydroxylation sites is 1. The first-order valence-corrected chi connectivity index (χ1v) is 10.1. The summed E-state index contributed by atoms with van der Waals surface area (Å²) < 4.78 is 1.65. The van der Waals surface area contributed by atoms with E-state index in [4.69, 9.17) is 0 Å². The van der Waals surface area contributed by atoms with Crippen molar-refractivity contribution in [2.24, 2.45) is 0 Å². The predicted molar refractivity (Wildman–Crippen MR) is 108 cm³/mol. The SMILES string of the molecule is CCCNC(=O)CNC(=O)CSc1nc2ccccc2c(=O)n1[C@@H](C)CC. The molecular weight excluding hydrogens is 364 g/mol. The normalized spacial score (nSPS) is 12.0. The molecule has 1 heterocycles. The number of carbonyl (C=O) groups excluding carboxylic acids is 2. The van der Waals surface area contributed by atoms with Crippen LogP contribution in [-0.2, 0) is 9.59 Å². The van der Waals surface area contributed by atoms with E-state index in [1.807, 2.05) is 32.9 Å². The van der Waals surface area contributed by atoms with E-state index < -0.39 is 0 Å². The Morgan fingerprint density at radius 2 is 1.93 bits per heavy atom. The molecule has 0 unspecified atom stereocenters. The second-order valence-corrected chi connectivity index (χ2v) is 7.20. The molecule has 2 N–H and O–H groups in total. The van der Waals surface area contributed by atoms with Gasteiger partial charge >= 0.3 is 0 Å². The van der Waals surface area contributed by atoms with Crippen molar-refractivity contribution in [3.63, 3.8) is 0 Å². The van der Waals surface area contributed by atoms with Crippen LogP contribution in [-0.4, -0.2) is 40.2 Å². The Bertz CT molecular complexity index is 866. The van der Waals surface area contributed by atoms with Gasteiger partial charge in [-0.2, -0.15) is 0 Å². The first kappa shape index (κ1) is 21.0. The van der Waals surface area contributed by atoms with E-state index in [0.717, 1.165) is 12.8 Å². The molecule has 0 fully saturated rings. The van der Waals surface area contributed by atoms with E-state index in [1.54, 1.807) is 16.7 Å². The van der Waals surface area contributed by atoms with Crippen molar-refractivity contribution in [2.45, 2.75) is 44.8 Å². The van der Waals surface area contributed by atoms with Crippen molar-refractivity contribution in [1.29, 1.82) is 0 Å². The number of carbonyl (C=O) groups is 2. The third-order valence-corrected chi connectivity index (χ3v) is 5.11. The molecule has 0 aliphatic rings. The molecule has 0 bridgehead atoms. The molecule has 146 valence electrons. The summed E-state index contributed by atoms with van der Waals surface area (Å²) in [6, 6.07) is 7.17.